The monoisotopic (exact) mass is 357 g/mol. The Bertz CT molecular complexity index is 823. The maximum Gasteiger partial charge on any atom is 0.302 e. The van der Waals surface area contributed by atoms with Crippen LogP contribution in [0.15, 0.2) is 47.1 Å². The van der Waals surface area contributed by atoms with Crippen molar-refractivity contribution >= 4 is 11.8 Å². The predicted octanol–water partition coefficient (Wildman–Crippen LogP) is 1.97. The van der Waals surface area contributed by atoms with E-state index in [1.165, 1.54) is 19.3 Å². The summed E-state index contributed by atoms with van der Waals surface area (Å²) in [5.41, 5.74) is 6.94. The molecule has 0 amide bonds. The minimum Gasteiger partial charge on any atom is -0.463 e. The summed E-state index contributed by atoms with van der Waals surface area (Å²) in [6.45, 7) is 2.20. The highest BCUT2D eigenvalue weighted by atomic mass is 16.6. The second-order valence-corrected chi connectivity index (χ2v) is 4.90. The smallest absolute Gasteiger partial charge is 0.302 e. The van der Waals surface area contributed by atoms with E-state index in [0.29, 0.717) is 24.8 Å². The van der Waals surface area contributed by atoms with Gasteiger partial charge < -0.3 is 19.6 Å². The molecule has 2 aromatic heterocycles. The molecule has 3 aromatic rings. The van der Waals surface area contributed by atoms with Crippen molar-refractivity contribution in [2.45, 2.75) is 6.92 Å². The number of ether oxygens (including phenoxy) is 2. The molecule has 1 aromatic carbocycles. The number of anilines is 1. The van der Waals surface area contributed by atoms with Crippen molar-refractivity contribution in [2.75, 3.05) is 26.1 Å². The van der Waals surface area contributed by atoms with Crippen LogP contribution in [0.25, 0.3) is 23.0 Å². The van der Waals surface area contributed by atoms with Gasteiger partial charge in [-0.05, 0) is 12.1 Å². The van der Waals surface area contributed by atoms with E-state index in [0.717, 1.165) is 5.56 Å². The van der Waals surface area contributed by atoms with Crippen LogP contribution in [0.5, 0.6) is 0 Å². The van der Waals surface area contributed by atoms with Crippen molar-refractivity contribution in [1.82, 2.24) is 20.2 Å². The lowest BCUT2D eigenvalue weighted by atomic mass is 10.2. The molecule has 136 valence electrons. The number of esters is 1. The van der Waals surface area contributed by atoms with Crippen LogP contribution in [-0.4, -0.2) is 46.5 Å². The summed E-state index contributed by atoms with van der Waals surface area (Å²) >= 11 is 0. The number of aromatic nitrogens is 4. The van der Waals surface area contributed by atoms with Gasteiger partial charge in [0.1, 0.15) is 6.61 Å². The zero-order valence-corrected chi connectivity index (χ0v) is 14.5. The van der Waals surface area contributed by atoms with Crippen LogP contribution in [0.2, 0.25) is 0 Å². The fraction of sp³-hybridized carbons (Fsp3) is 0.235. The van der Waals surface area contributed by atoms with Gasteiger partial charge in [0.15, 0.2) is 11.5 Å². The first-order chi connectivity index (χ1) is 12.6. The highest BCUT2D eigenvalue weighted by molar-refractivity contribution is 5.65. The van der Waals surface area contributed by atoms with Gasteiger partial charge in [-0.2, -0.15) is 0 Å². The summed E-state index contributed by atoms with van der Waals surface area (Å²) in [6.07, 6.45) is 3.03. The van der Waals surface area contributed by atoms with Crippen molar-refractivity contribution in [2.24, 2.45) is 0 Å². The second kappa shape index (κ2) is 9.84. The third kappa shape index (κ3) is 5.64. The van der Waals surface area contributed by atoms with Crippen LogP contribution in [-0.2, 0) is 14.3 Å². The van der Waals surface area contributed by atoms with Crippen molar-refractivity contribution in [3.05, 3.63) is 42.7 Å². The first kappa shape index (κ1) is 19.0. The molecule has 0 radical (unpaired) electrons. The third-order valence-electron chi connectivity index (χ3n) is 2.97. The van der Waals surface area contributed by atoms with E-state index >= 15 is 0 Å². The Kier molecular flexibility index (Phi) is 7.19. The Morgan fingerprint density at radius 1 is 1.08 bits per heavy atom. The molecule has 9 nitrogen and oxygen atoms in total. The number of nitrogens with two attached hydrogens (primary N) is 1. The Labute approximate surface area is 150 Å². The Hall–Kier alpha value is -3.33. The molecule has 9 heteroatoms. The molecule has 0 saturated carbocycles. The van der Waals surface area contributed by atoms with Gasteiger partial charge >= 0.3 is 5.97 Å². The number of hydrogen-bond acceptors (Lipinski definition) is 9. The SMILES string of the molecule is COCCOC(C)=O.Nc1nccnc1-c1nnc(-c2ccccc2)o1. The minimum atomic E-state index is -0.262. The number of carbonyl (C=O) groups excluding carboxylic acids is 1. The van der Waals surface area contributed by atoms with Gasteiger partial charge in [0.05, 0.1) is 6.61 Å². The summed E-state index contributed by atoms with van der Waals surface area (Å²) in [5, 5.41) is 7.89. The normalized spacial score (nSPS) is 9.92. The zero-order valence-electron chi connectivity index (χ0n) is 14.5. The Balaban J connectivity index is 0.000000260. The van der Waals surface area contributed by atoms with Crippen molar-refractivity contribution in [1.29, 1.82) is 0 Å². The quantitative estimate of drug-likeness (QED) is 0.538. The molecule has 0 aliphatic carbocycles. The van der Waals surface area contributed by atoms with Crippen molar-refractivity contribution in [3.63, 3.8) is 0 Å². The van der Waals surface area contributed by atoms with Crippen LogP contribution < -0.4 is 5.73 Å². The number of nitrogen functional groups attached to an aromatic ring is 1. The average Bonchev–Trinajstić information content (AvgIpc) is 3.13. The first-order valence-corrected chi connectivity index (χ1v) is 7.70. The van der Waals surface area contributed by atoms with E-state index in [1.54, 1.807) is 7.11 Å². The van der Waals surface area contributed by atoms with E-state index in [4.69, 9.17) is 10.2 Å². The number of methoxy groups -OCH3 is 1. The predicted molar refractivity (Wildman–Crippen MR) is 93.7 cm³/mol. The third-order valence-corrected chi connectivity index (χ3v) is 2.97. The van der Waals surface area contributed by atoms with Crippen LogP contribution in [0, 0.1) is 0 Å². The standard InChI is InChI=1S/C12H9N5O.C5H10O3/c13-10-9(14-6-7-15-10)12-17-16-11(18-12)8-4-2-1-3-5-8;1-5(6)8-4-3-7-2/h1-7H,(H2,13,15);3-4H2,1-2H3. The first-order valence-electron chi connectivity index (χ1n) is 7.70. The van der Waals surface area contributed by atoms with Crippen molar-refractivity contribution in [3.8, 4) is 23.0 Å². The fourth-order valence-electron chi connectivity index (χ4n) is 1.80. The zero-order chi connectivity index (χ0) is 18.8. The van der Waals surface area contributed by atoms with Gasteiger partial charge in [-0.1, -0.05) is 18.2 Å². The number of carbonyl (C=O) groups is 1. The van der Waals surface area contributed by atoms with E-state index < -0.39 is 0 Å². The molecule has 0 fully saturated rings. The molecule has 0 spiro atoms. The molecule has 0 saturated heterocycles. The highest BCUT2D eigenvalue weighted by Crippen LogP contribution is 2.24. The largest absolute Gasteiger partial charge is 0.463 e. The summed E-state index contributed by atoms with van der Waals surface area (Å²) in [7, 11) is 1.56. The van der Waals surface area contributed by atoms with Gasteiger partial charge in [0.25, 0.3) is 5.89 Å². The van der Waals surface area contributed by atoms with Gasteiger partial charge in [-0.3, -0.25) is 4.79 Å². The topological polar surface area (TPSA) is 126 Å². The van der Waals surface area contributed by atoms with Crippen LogP contribution in [0.4, 0.5) is 5.82 Å². The number of benzene rings is 1. The maximum absolute atomic E-state index is 10.0. The van der Waals surface area contributed by atoms with Gasteiger partial charge in [-0.25, -0.2) is 9.97 Å². The van der Waals surface area contributed by atoms with Gasteiger partial charge in [-0.15, -0.1) is 10.2 Å². The van der Waals surface area contributed by atoms with E-state index in [2.05, 4.69) is 29.6 Å². The molecule has 0 aliphatic rings. The van der Waals surface area contributed by atoms with E-state index in [-0.39, 0.29) is 17.7 Å². The van der Waals surface area contributed by atoms with E-state index in [1.807, 2.05) is 30.3 Å². The molecule has 2 N–H and O–H groups in total. The van der Waals surface area contributed by atoms with Crippen LogP contribution in [0.3, 0.4) is 0 Å². The lowest BCUT2D eigenvalue weighted by molar-refractivity contribution is -0.142. The number of nitrogens with zero attached hydrogens (tertiary/aromatic N) is 4. The lowest BCUT2D eigenvalue weighted by Crippen LogP contribution is -2.05. The van der Waals surface area contributed by atoms with Gasteiger partial charge in [0.2, 0.25) is 5.89 Å². The maximum atomic E-state index is 10.0. The summed E-state index contributed by atoms with van der Waals surface area (Å²) in [4.78, 5) is 18.0. The second-order valence-electron chi connectivity index (χ2n) is 4.90. The fourth-order valence-corrected chi connectivity index (χ4v) is 1.80. The molecule has 3 rings (SSSR count). The molecule has 0 bridgehead atoms. The molecule has 0 unspecified atom stereocenters. The minimum absolute atomic E-state index is 0.262. The molecule has 26 heavy (non-hydrogen) atoms. The van der Waals surface area contributed by atoms with E-state index in [9.17, 15) is 4.79 Å². The van der Waals surface area contributed by atoms with Crippen LogP contribution in [0.1, 0.15) is 6.92 Å². The summed E-state index contributed by atoms with van der Waals surface area (Å²) in [6, 6.07) is 9.49. The molecule has 2 heterocycles. The number of hydrogen-bond donors (Lipinski definition) is 1. The average molecular weight is 357 g/mol. The summed E-state index contributed by atoms with van der Waals surface area (Å²) < 4.78 is 14.7. The lowest BCUT2D eigenvalue weighted by Gasteiger charge is -1.97. The highest BCUT2D eigenvalue weighted by Gasteiger charge is 2.14. The van der Waals surface area contributed by atoms with Crippen LogP contribution >= 0.6 is 0 Å². The summed E-state index contributed by atoms with van der Waals surface area (Å²) in [5.74, 6) is 0.693. The Morgan fingerprint density at radius 3 is 2.42 bits per heavy atom. The van der Waals surface area contributed by atoms with Crippen molar-refractivity contribution < 1.29 is 18.7 Å². The molecule has 0 atom stereocenters. The number of rotatable bonds is 5. The molecule has 0 aliphatic heterocycles. The Morgan fingerprint density at radius 2 is 1.77 bits per heavy atom. The molecular formula is C17H19N5O4. The molecular weight excluding hydrogens is 338 g/mol. The van der Waals surface area contributed by atoms with Gasteiger partial charge in [0, 0.05) is 32.0 Å².